The van der Waals surface area contributed by atoms with Crippen LogP contribution in [-0.4, -0.2) is 13.1 Å². The molecule has 120 valence electrons. The number of fused-ring (bicyclic) bond motifs is 3. The Balaban J connectivity index is 2.24. The van der Waals surface area contributed by atoms with Gasteiger partial charge in [-0.3, -0.25) is 0 Å². The molecule has 0 fully saturated rings. The molecule has 2 nitrogen and oxygen atoms in total. The van der Waals surface area contributed by atoms with Crippen molar-refractivity contribution in [2.45, 2.75) is 19.6 Å². The predicted molar refractivity (Wildman–Crippen MR) is 105 cm³/mol. The highest BCUT2D eigenvalue weighted by atomic mass is 35.5. The lowest BCUT2D eigenvalue weighted by atomic mass is 10.1. The zero-order valence-corrected chi connectivity index (χ0v) is 15.7. The molecular weight excluding hydrogens is 334 g/mol. The van der Waals surface area contributed by atoms with E-state index in [9.17, 15) is 0 Å². The van der Waals surface area contributed by atoms with Gasteiger partial charge in [0.25, 0.3) is 0 Å². The first-order chi connectivity index (χ1) is 11.5. The summed E-state index contributed by atoms with van der Waals surface area (Å²) in [5, 5.41) is 4.07. The Bertz CT molecular complexity index is 1050. The van der Waals surface area contributed by atoms with Gasteiger partial charge in [-0.15, -0.1) is 0 Å². The number of hydrogen-bond donors (Lipinski definition) is 0. The second kappa shape index (κ2) is 5.47. The molecule has 0 aliphatic heterocycles. The van der Waals surface area contributed by atoms with Crippen LogP contribution in [0.25, 0.3) is 33.2 Å². The predicted octanol–water partition coefficient (Wildman–Crippen LogP) is 5.85. The smallest absolute Gasteiger partial charge is 0.228 e. The SMILES string of the molecule is C[Si](C)(C)c1c(-c2ccccc2)c(Cl)nc2oc3ccccc3c12. The number of para-hydroxylation sites is 1. The molecule has 4 heteroatoms. The first-order valence-corrected chi connectivity index (χ1v) is 11.9. The minimum Gasteiger partial charge on any atom is -0.438 e. The molecule has 2 heterocycles. The van der Waals surface area contributed by atoms with Gasteiger partial charge >= 0.3 is 0 Å². The highest BCUT2D eigenvalue weighted by Crippen LogP contribution is 2.35. The molecule has 0 bridgehead atoms. The minimum absolute atomic E-state index is 0.519. The fourth-order valence-corrected chi connectivity index (χ4v) is 5.71. The summed E-state index contributed by atoms with van der Waals surface area (Å²) in [5.74, 6) is 0. The highest BCUT2D eigenvalue weighted by Gasteiger charge is 2.29. The van der Waals surface area contributed by atoms with Gasteiger partial charge in [-0.05, 0) is 16.8 Å². The third-order valence-electron chi connectivity index (χ3n) is 4.30. The molecule has 0 unspecified atom stereocenters. The molecule has 4 rings (SSSR count). The van der Waals surface area contributed by atoms with Crippen LogP contribution in [0.1, 0.15) is 0 Å². The number of rotatable bonds is 2. The number of aromatic nitrogens is 1. The van der Waals surface area contributed by atoms with Crippen molar-refractivity contribution in [3.05, 3.63) is 59.8 Å². The fraction of sp³-hybridized carbons (Fsp3) is 0.150. The standard InChI is InChI=1S/C20H18ClNOSi/c1-24(2,3)18-16(13-9-5-4-6-10-13)19(21)22-20-17(18)14-11-7-8-12-15(14)23-20/h4-12H,1-3H3. The molecule has 0 radical (unpaired) electrons. The Morgan fingerprint density at radius 1 is 0.917 bits per heavy atom. The van der Waals surface area contributed by atoms with Crippen LogP contribution in [-0.2, 0) is 0 Å². The van der Waals surface area contributed by atoms with Crippen molar-refractivity contribution < 1.29 is 4.42 Å². The zero-order valence-electron chi connectivity index (χ0n) is 13.9. The molecule has 2 aromatic heterocycles. The third kappa shape index (κ3) is 2.36. The van der Waals surface area contributed by atoms with Crippen LogP contribution in [0, 0.1) is 0 Å². The molecule has 0 atom stereocenters. The highest BCUT2D eigenvalue weighted by molar-refractivity contribution is 6.92. The number of benzene rings is 2. The van der Waals surface area contributed by atoms with Crippen LogP contribution in [0.15, 0.2) is 59.0 Å². The van der Waals surface area contributed by atoms with Crippen molar-refractivity contribution in [2.24, 2.45) is 0 Å². The summed E-state index contributed by atoms with van der Waals surface area (Å²) in [4.78, 5) is 4.58. The summed E-state index contributed by atoms with van der Waals surface area (Å²) in [6.07, 6.45) is 0. The number of pyridine rings is 1. The van der Waals surface area contributed by atoms with Crippen LogP contribution in [0.2, 0.25) is 24.8 Å². The summed E-state index contributed by atoms with van der Waals surface area (Å²) in [6, 6.07) is 18.4. The van der Waals surface area contributed by atoms with Crippen LogP contribution >= 0.6 is 11.6 Å². The normalized spacial score (nSPS) is 12.2. The number of hydrogen-bond acceptors (Lipinski definition) is 2. The van der Waals surface area contributed by atoms with Crippen LogP contribution in [0.4, 0.5) is 0 Å². The van der Waals surface area contributed by atoms with E-state index in [-0.39, 0.29) is 0 Å². The van der Waals surface area contributed by atoms with Crippen molar-refractivity contribution in [3.63, 3.8) is 0 Å². The van der Waals surface area contributed by atoms with E-state index >= 15 is 0 Å². The Morgan fingerprint density at radius 3 is 2.29 bits per heavy atom. The second-order valence-corrected chi connectivity index (χ2v) is 12.4. The summed E-state index contributed by atoms with van der Waals surface area (Å²) in [6.45, 7) is 7.02. The van der Waals surface area contributed by atoms with Crippen molar-refractivity contribution in [3.8, 4) is 11.1 Å². The van der Waals surface area contributed by atoms with Gasteiger partial charge in [0.2, 0.25) is 5.71 Å². The summed E-state index contributed by atoms with van der Waals surface area (Å²) in [5.41, 5.74) is 3.66. The largest absolute Gasteiger partial charge is 0.438 e. The maximum atomic E-state index is 6.63. The maximum absolute atomic E-state index is 6.63. The van der Waals surface area contributed by atoms with Crippen molar-refractivity contribution >= 4 is 46.9 Å². The lowest BCUT2D eigenvalue weighted by Gasteiger charge is -2.23. The number of nitrogens with zero attached hydrogens (tertiary/aromatic N) is 1. The monoisotopic (exact) mass is 351 g/mol. The Hall–Kier alpha value is -2.10. The van der Waals surface area contributed by atoms with E-state index in [0.717, 1.165) is 27.5 Å². The summed E-state index contributed by atoms with van der Waals surface area (Å²) in [7, 11) is -1.72. The number of furan rings is 1. The van der Waals surface area contributed by atoms with Gasteiger partial charge in [-0.2, -0.15) is 0 Å². The van der Waals surface area contributed by atoms with Crippen LogP contribution in [0.5, 0.6) is 0 Å². The van der Waals surface area contributed by atoms with E-state index in [2.05, 4.69) is 42.8 Å². The van der Waals surface area contributed by atoms with E-state index < -0.39 is 8.07 Å². The molecule has 0 spiro atoms. The van der Waals surface area contributed by atoms with E-state index in [1.165, 1.54) is 5.19 Å². The average Bonchev–Trinajstić information content (AvgIpc) is 2.91. The van der Waals surface area contributed by atoms with Gasteiger partial charge in [-0.1, -0.05) is 79.8 Å². The Kier molecular flexibility index (Phi) is 3.51. The van der Waals surface area contributed by atoms with Gasteiger partial charge < -0.3 is 4.42 Å². The second-order valence-electron chi connectivity index (χ2n) is 7.05. The molecular formula is C20H18ClNOSi. The molecule has 24 heavy (non-hydrogen) atoms. The first-order valence-electron chi connectivity index (χ1n) is 8.03. The molecule has 0 aliphatic carbocycles. The Labute approximate surface area is 147 Å². The molecule has 0 aliphatic rings. The van der Waals surface area contributed by atoms with Crippen molar-refractivity contribution in [1.29, 1.82) is 0 Å². The van der Waals surface area contributed by atoms with Crippen molar-refractivity contribution in [1.82, 2.24) is 4.98 Å². The van der Waals surface area contributed by atoms with Crippen LogP contribution < -0.4 is 5.19 Å². The van der Waals surface area contributed by atoms with Gasteiger partial charge in [0, 0.05) is 16.3 Å². The zero-order chi connectivity index (χ0) is 16.9. The van der Waals surface area contributed by atoms with E-state index in [1.807, 2.05) is 36.4 Å². The lowest BCUT2D eigenvalue weighted by Crippen LogP contribution is -2.40. The minimum atomic E-state index is -1.72. The van der Waals surface area contributed by atoms with E-state index in [1.54, 1.807) is 0 Å². The quantitative estimate of drug-likeness (QED) is 0.334. The maximum Gasteiger partial charge on any atom is 0.228 e. The van der Waals surface area contributed by atoms with Gasteiger partial charge in [-0.25, -0.2) is 4.98 Å². The molecule has 0 saturated carbocycles. The topological polar surface area (TPSA) is 26.0 Å². The van der Waals surface area contributed by atoms with E-state index in [0.29, 0.717) is 10.9 Å². The summed E-state index contributed by atoms with van der Waals surface area (Å²) >= 11 is 6.63. The molecule has 0 amide bonds. The first kappa shape index (κ1) is 15.4. The molecule has 4 aromatic rings. The molecule has 2 aromatic carbocycles. The fourth-order valence-electron chi connectivity index (χ4n) is 3.34. The van der Waals surface area contributed by atoms with Gasteiger partial charge in [0.15, 0.2) is 0 Å². The number of halogens is 1. The lowest BCUT2D eigenvalue weighted by molar-refractivity contribution is 0.654. The molecule has 0 saturated heterocycles. The third-order valence-corrected chi connectivity index (χ3v) is 6.57. The van der Waals surface area contributed by atoms with Crippen molar-refractivity contribution in [2.75, 3.05) is 0 Å². The van der Waals surface area contributed by atoms with E-state index in [4.69, 9.17) is 16.0 Å². The van der Waals surface area contributed by atoms with Gasteiger partial charge in [0.05, 0.1) is 8.07 Å². The average molecular weight is 352 g/mol. The Morgan fingerprint density at radius 2 is 1.58 bits per heavy atom. The molecule has 0 N–H and O–H groups in total. The summed E-state index contributed by atoms with van der Waals surface area (Å²) < 4.78 is 5.99. The van der Waals surface area contributed by atoms with Crippen LogP contribution in [0.3, 0.4) is 0 Å². The van der Waals surface area contributed by atoms with Gasteiger partial charge in [0.1, 0.15) is 10.7 Å².